The summed E-state index contributed by atoms with van der Waals surface area (Å²) in [5, 5.41) is 7.39. The fraction of sp³-hybridized carbons (Fsp3) is 0.522. The highest BCUT2D eigenvalue weighted by Gasteiger charge is 2.31. The van der Waals surface area contributed by atoms with Gasteiger partial charge in [-0.25, -0.2) is 0 Å². The number of amides is 2. The van der Waals surface area contributed by atoms with E-state index in [1.54, 1.807) is 0 Å². The molecule has 160 valence electrons. The standard InChI is InChI=1S/C23H31N5O2/c1-15(2)26-9-11-27(12-10-26)23(30)21-19-14-28(8-7-20(19)24-25-21)22(29)18-6-5-16(3)17(4)13-18/h5-6,13,15H,7-12,14H2,1-4H3,(H,24,25). The number of aromatic nitrogens is 2. The molecule has 1 aromatic carbocycles. The molecule has 4 rings (SSSR count). The van der Waals surface area contributed by atoms with Crippen LogP contribution in [0.2, 0.25) is 0 Å². The summed E-state index contributed by atoms with van der Waals surface area (Å²) in [4.78, 5) is 32.3. The summed E-state index contributed by atoms with van der Waals surface area (Å²) in [5.74, 6) is -0.0229. The molecule has 30 heavy (non-hydrogen) atoms. The van der Waals surface area contributed by atoms with E-state index in [9.17, 15) is 9.59 Å². The van der Waals surface area contributed by atoms with E-state index in [0.29, 0.717) is 49.9 Å². The number of benzene rings is 1. The Labute approximate surface area is 178 Å². The molecule has 2 aliphatic rings. The predicted molar refractivity (Wildman–Crippen MR) is 116 cm³/mol. The third kappa shape index (κ3) is 3.86. The first-order valence-corrected chi connectivity index (χ1v) is 10.8. The molecule has 2 aliphatic heterocycles. The van der Waals surface area contributed by atoms with E-state index in [1.165, 1.54) is 5.56 Å². The second-order valence-electron chi connectivity index (χ2n) is 8.73. The number of hydrogen-bond donors (Lipinski definition) is 1. The summed E-state index contributed by atoms with van der Waals surface area (Å²) >= 11 is 0. The molecule has 3 heterocycles. The fourth-order valence-corrected chi connectivity index (χ4v) is 4.29. The van der Waals surface area contributed by atoms with Crippen LogP contribution in [0, 0.1) is 13.8 Å². The van der Waals surface area contributed by atoms with Crippen LogP contribution in [0.4, 0.5) is 0 Å². The maximum Gasteiger partial charge on any atom is 0.274 e. The Kier molecular flexibility index (Phi) is 5.64. The zero-order chi connectivity index (χ0) is 21.4. The summed E-state index contributed by atoms with van der Waals surface area (Å²) in [5.41, 5.74) is 5.30. The molecule has 0 aliphatic carbocycles. The average Bonchev–Trinajstić information content (AvgIpc) is 3.18. The number of rotatable bonds is 3. The molecule has 0 spiro atoms. The second-order valence-corrected chi connectivity index (χ2v) is 8.73. The number of carbonyl (C=O) groups excluding carboxylic acids is 2. The molecule has 1 saturated heterocycles. The lowest BCUT2D eigenvalue weighted by molar-refractivity contribution is 0.0584. The monoisotopic (exact) mass is 409 g/mol. The molecular formula is C23H31N5O2. The van der Waals surface area contributed by atoms with Crippen LogP contribution in [0.25, 0.3) is 0 Å². The molecule has 0 bridgehead atoms. The Bertz CT molecular complexity index is 956. The van der Waals surface area contributed by atoms with Crippen molar-refractivity contribution in [2.75, 3.05) is 32.7 Å². The summed E-state index contributed by atoms with van der Waals surface area (Å²) in [6, 6.07) is 6.31. The van der Waals surface area contributed by atoms with Crippen LogP contribution >= 0.6 is 0 Å². The zero-order valence-electron chi connectivity index (χ0n) is 18.4. The average molecular weight is 410 g/mol. The lowest BCUT2D eigenvalue weighted by Crippen LogP contribution is -2.51. The SMILES string of the molecule is Cc1ccc(C(=O)N2CCc3[nH]nc(C(=O)N4CCN(C(C)C)CC4)c3C2)cc1C. The first kappa shape index (κ1) is 20.6. The minimum atomic E-state index is -0.0311. The van der Waals surface area contributed by atoms with Crippen molar-refractivity contribution in [2.45, 2.75) is 46.7 Å². The molecule has 0 saturated carbocycles. The molecule has 2 amide bonds. The van der Waals surface area contributed by atoms with Crippen LogP contribution in [0.15, 0.2) is 18.2 Å². The number of carbonyl (C=O) groups is 2. The highest BCUT2D eigenvalue weighted by molar-refractivity contribution is 5.96. The van der Waals surface area contributed by atoms with Gasteiger partial charge in [-0.15, -0.1) is 0 Å². The quantitative estimate of drug-likeness (QED) is 0.845. The van der Waals surface area contributed by atoms with Crippen molar-refractivity contribution in [1.82, 2.24) is 24.9 Å². The van der Waals surface area contributed by atoms with Gasteiger partial charge in [0.1, 0.15) is 0 Å². The second kappa shape index (κ2) is 8.22. The number of fused-ring (bicyclic) bond motifs is 1. The van der Waals surface area contributed by atoms with Crippen molar-refractivity contribution in [2.24, 2.45) is 0 Å². The number of nitrogens with one attached hydrogen (secondary N) is 1. The van der Waals surface area contributed by atoms with Crippen LogP contribution in [0.1, 0.15) is 57.1 Å². The highest BCUT2D eigenvalue weighted by Crippen LogP contribution is 2.24. The molecule has 7 nitrogen and oxygen atoms in total. The highest BCUT2D eigenvalue weighted by atomic mass is 16.2. The van der Waals surface area contributed by atoms with Crippen LogP contribution < -0.4 is 0 Å². The van der Waals surface area contributed by atoms with E-state index in [1.807, 2.05) is 41.8 Å². The molecule has 0 radical (unpaired) electrons. The lowest BCUT2D eigenvalue weighted by Gasteiger charge is -2.37. The van der Waals surface area contributed by atoms with Crippen molar-refractivity contribution < 1.29 is 9.59 Å². The van der Waals surface area contributed by atoms with Crippen molar-refractivity contribution in [3.63, 3.8) is 0 Å². The van der Waals surface area contributed by atoms with Gasteiger partial charge < -0.3 is 9.80 Å². The van der Waals surface area contributed by atoms with Crippen molar-refractivity contribution in [1.29, 1.82) is 0 Å². The third-order valence-corrected chi connectivity index (χ3v) is 6.51. The first-order chi connectivity index (χ1) is 14.3. The van der Waals surface area contributed by atoms with E-state index in [4.69, 9.17) is 0 Å². The van der Waals surface area contributed by atoms with Crippen molar-refractivity contribution >= 4 is 11.8 Å². The molecule has 1 aromatic heterocycles. The van der Waals surface area contributed by atoms with Gasteiger partial charge in [0.2, 0.25) is 0 Å². The normalized spacial score (nSPS) is 17.4. The summed E-state index contributed by atoms with van der Waals surface area (Å²) in [6.45, 7) is 12.7. The van der Waals surface area contributed by atoms with Gasteiger partial charge in [-0.2, -0.15) is 5.10 Å². The van der Waals surface area contributed by atoms with E-state index in [0.717, 1.165) is 29.9 Å². The maximum absolute atomic E-state index is 13.2. The minimum absolute atomic E-state index is 0.00824. The summed E-state index contributed by atoms with van der Waals surface area (Å²) < 4.78 is 0. The van der Waals surface area contributed by atoms with Gasteiger partial charge >= 0.3 is 0 Å². The van der Waals surface area contributed by atoms with Gasteiger partial charge in [0.25, 0.3) is 11.8 Å². The van der Waals surface area contributed by atoms with Crippen LogP contribution in [-0.2, 0) is 13.0 Å². The molecule has 7 heteroatoms. The number of piperazine rings is 1. The maximum atomic E-state index is 13.2. The van der Waals surface area contributed by atoms with E-state index >= 15 is 0 Å². The van der Waals surface area contributed by atoms with E-state index in [-0.39, 0.29) is 11.8 Å². The molecule has 0 unspecified atom stereocenters. The van der Waals surface area contributed by atoms with Gasteiger partial charge in [0, 0.05) is 62.0 Å². The summed E-state index contributed by atoms with van der Waals surface area (Å²) in [7, 11) is 0. The van der Waals surface area contributed by atoms with Gasteiger partial charge in [-0.1, -0.05) is 6.07 Å². The smallest absolute Gasteiger partial charge is 0.274 e. The third-order valence-electron chi connectivity index (χ3n) is 6.51. The van der Waals surface area contributed by atoms with Gasteiger partial charge in [-0.05, 0) is 51.0 Å². The first-order valence-electron chi connectivity index (χ1n) is 10.8. The van der Waals surface area contributed by atoms with Crippen LogP contribution in [0.5, 0.6) is 0 Å². The van der Waals surface area contributed by atoms with Crippen molar-refractivity contribution in [3.05, 3.63) is 51.8 Å². The Hall–Kier alpha value is -2.67. The molecule has 0 atom stereocenters. The molecule has 1 fully saturated rings. The number of nitrogens with zero attached hydrogens (tertiary/aromatic N) is 4. The lowest BCUT2D eigenvalue weighted by atomic mass is 10.0. The van der Waals surface area contributed by atoms with Crippen LogP contribution in [0.3, 0.4) is 0 Å². The largest absolute Gasteiger partial charge is 0.335 e. The zero-order valence-corrected chi connectivity index (χ0v) is 18.4. The summed E-state index contributed by atoms with van der Waals surface area (Å²) in [6.07, 6.45) is 0.688. The Morgan fingerprint density at radius 3 is 2.37 bits per heavy atom. The topological polar surface area (TPSA) is 72.5 Å². The predicted octanol–water partition coefficient (Wildman–Crippen LogP) is 2.39. The molecule has 2 aromatic rings. The number of hydrogen-bond acceptors (Lipinski definition) is 4. The minimum Gasteiger partial charge on any atom is -0.335 e. The molecular weight excluding hydrogens is 378 g/mol. The van der Waals surface area contributed by atoms with E-state index < -0.39 is 0 Å². The molecule has 1 N–H and O–H groups in total. The Balaban J connectivity index is 1.49. The van der Waals surface area contributed by atoms with Crippen molar-refractivity contribution in [3.8, 4) is 0 Å². The number of aryl methyl sites for hydroxylation is 2. The Morgan fingerprint density at radius 2 is 1.70 bits per heavy atom. The van der Waals surface area contributed by atoms with E-state index in [2.05, 4.69) is 28.9 Å². The fourth-order valence-electron chi connectivity index (χ4n) is 4.29. The van der Waals surface area contributed by atoms with Crippen LogP contribution in [-0.4, -0.2) is 75.5 Å². The number of aromatic amines is 1. The van der Waals surface area contributed by atoms with Gasteiger partial charge in [0.05, 0.1) is 6.54 Å². The Morgan fingerprint density at radius 1 is 0.967 bits per heavy atom. The number of H-pyrrole nitrogens is 1. The van der Waals surface area contributed by atoms with Gasteiger partial charge in [0.15, 0.2) is 5.69 Å². The van der Waals surface area contributed by atoms with Gasteiger partial charge in [-0.3, -0.25) is 19.6 Å².